The van der Waals surface area contributed by atoms with Gasteiger partial charge in [-0.1, -0.05) is 27.2 Å². The summed E-state index contributed by atoms with van der Waals surface area (Å²) in [6.45, 7) is 11.8. The molecule has 2 aliphatic rings. The molecule has 0 spiro atoms. The summed E-state index contributed by atoms with van der Waals surface area (Å²) in [7, 11) is 0. The monoisotopic (exact) mass is 266 g/mol. The normalized spacial score (nSPS) is 38.4. The van der Waals surface area contributed by atoms with Gasteiger partial charge in [0.2, 0.25) is 0 Å². The van der Waals surface area contributed by atoms with Gasteiger partial charge in [-0.3, -0.25) is 4.90 Å². The molecule has 2 nitrogen and oxygen atoms in total. The molecule has 0 radical (unpaired) electrons. The van der Waals surface area contributed by atoms with Gasteiger partial charge in [-0.2, -0.15) is 0 Å². The highest BCUT2D eigenvalue weighted by Crippen LogP contribution is 2.43. The van der Waals surface area contributed by atoms with Crippen LogP contribution in [0.3, 0.4) is 0 Å². The summed E-state index contributed by atoms with van der Waals surface area (Å²) in [5.41, 5.74) is 7.04. The molecule has 1 aliphatic carbocycles. The maximum Gasteiger partial charge on any atom is 0.0334 e. The fraction of sp³-hybridized carbons (Fsp3) is 1.00. The van der Waals surface area contributed by atoms with Crippen molar-refractivity contribution < 1.29 is 0 Å². The van der Waals surface area contributed by atoms with Gasteiger partial charge in [-0.05, 0) is 63.3 Å². The number of likely N-dealkylation sites (tertiary alicyclic amines) is 1. The first-order chi connectivity index (χ1) is 8.89. The van der Waals surface area contributed by atoms with Gasteiger partial charge >= 0.3 is 0 Å². The third-order valence-corrected chi connectivity index (χ3v) is 5.92. The highest BCUT2D eigenvalue weighted by Gasteiger charge is 2.42. The molecule has 2 rings (SSSR count). The summed E-state index contributed by atoms with van der Waals surface area (Å²) >= 11 is 0. The molecule has 0 aromatic rings. The largest absolute Gasteiger partial charge is 0.329 e. The average Bonchev–Trinajstić information content (AvgIpc) is 2.65. The van der Waals surface area contributed by atoms with Crippen LogP contribution in [0.25, 0.3) is 0 Å². The van der Waals surface area contributed by atoms with Crippen LogP contribution in [0.2, 0.25) is 0 Å². The van der Waals surface area contributed by atoms with Crippen LogP contribution in [-0.4, -0.2) is 29.6 Å². The highest BCUT2D eigenvalue weighted by atomic mass is 15.2. The predicted octanol–water partition coefficient (Wildman–Crippen LogP) is 3.79. The summed E-state index contributed by atoms with van der Waals surface area (Å²) in [5, 5.41) is 0. The number of hydrogen-bond donors (Lipinski definition) is 1. The minimum absolute atomic E-state index is 0.315. The van der Waals surface area contributed by atoms with Gasteiger partial charge in [0.05, 0.1) is 0 Å². The van der Waals surface area contributed by atoms with Crippen molar-refractivity contribution in [2.24, 2.45) is 17.1 Å². The molecule has 112 valence electrons. The number of nitrogens with zero attached hydrogens (tertiary/aromatic N) is 1. The predicted molar refractivity (Wildman–Crippen MR) is 83.2 cm³/mol. The van der Waals surface area contributed by atoms with Crippen LogP contribution in [0.1, 0.15) is 72.6 Å². The zero-order valence-electron chi connectivity index (χ0n) is 13.5. The van der Waals surface area contributed by atoms with Crippen molar-refractivity contribution in [3.8, 4) is 0 Å². The molecule has 3 atom stereocenters. The molecular weight excluding hydrogens is 232 g/mol. The van der Waals surface area contributed by atoms with Crippen LogP contribution in [0.5, 0.6) is 0 Å². The van der Waals surface area contributed by atoms with E-state index in [1.54, 1.807) is 0 Å². The van der Waals surface area contributed by atoms with E-state index in [0.717, 1.165) is 18.5 Å². The SMILES string of the molecule is CC1CCCN1C1(CN)CCCC(C(C)(C)C)CC1. The van der Waals surface area contributed by atoms with E-state index < -0.39 is 0 Å². The van der Waals surface area contributed by atoms with E-state index in [4.69, 9.17) is 5.73 Å². The third kappa shape index (κ3) is 3.16. The second-order valence-electron chi connectivity index (χ2n) is 8.11. The van der Waals surface area contributed by atoms with Crippen molar-refractivity contribution in [1.82, 2.24) is 4.90 Å². The molecule has 1 saturated heterocycles. The molecule has 1 aliphatic heterocycles. The van der Waals surface area contributed by atoms with Gasteiger partial charge < -0.3 is 5.73 Å². The molecule has 0 aromatic heterocycles. The van der Waals surface area contributed by atoms with Crippen molar-refractivity contribution in [3.05, 3.63) is 0 Å². The molecular formula is C17H34N2. The second-order valence-corrected chi connectivity index (χ2v) is 8.11. The molecule has 2 fully saturated rings. The van der Waals surface area contributed by atoms with E-state index in [1.165, 1.54) is 51.5 Å². The van der Waals surface area contributed by atoms with E-state index in [0.29, 0.717) is 11.0 Å². The number of rotatable bonds is 2. The van der Waals surface area contributed by atoms with Gasteiger partial charge in [0.25, 0.3) is 0 Å². The van der Waals surface area contributed by atoms with Crippen LogP contribution in [0, 0.1) is 11.3 Å². The molecule has 0 amide bonds. The van der Waals surface area contributed by atoms with Crippen molar-refractivity contribution in [2.75, 3.05) is 13.1 Å². The molecule has 0 bridgehead atoms. The Balaban J connectivity index is 2.10. The Labute approximate surface area is 120 Å². The Hall–Kier alpha value is -0.0800. The Morgan fingerprint density at radius 2 is 1.84 bits per heavy atom. The maximum absolute atomic E-state index is 6.26. The van der Waals surface area contributed by atoms with Crippen LogP contribution in [-0.2, 0) is 0 Å². The smallest absolute Gasteiger partial charge is 0.0334 e. The molecule has 0 aromatic carbocycles. The highest BCUT2D eigenvalue weighted by molar-refractivity contribution is 4.99. The lowest BCUT2D eigenvalue weighted by Crippen LogP contribution is -2.54. The van der Waals surface area contributed by atoms with Crippen molar-refractivity contribution in [2.45, 2.75) is 84.2 Å². The van der Waals surface area contributed by atoms with Crippen molar-refractivity contribution in [1.29, 1.82) is 0 Å². The lowest BCUT2D eigenvalue weighted by atomic mass is 9.76. The van der Waals surface area contributed by atoms with E-state index in [-0.39, 0.29) is 0 Å². The lowest BCUT2D eigenvalue weighted by Gasteiger charge is -2.44. The first kappa shape index (κ1) is 15.3. The van der Waals surface area contributed by atoms with Gasteiger partial charge in [-0.15, -0.1) is 0 Å². The minimum Gasteiger partial charge on any atom is -0.329 e. The third-order valence-electron chi connectivity index (χ3n) is 5.92. The zero-order valence-corrected chi connectivity index (χ0v) is 13.5. The lowest BCUT2D eigenvalue weighted by molar-refractivity contribution is 0.0685. The van der Waals surface area contributed by atoms with Crippen LogP contribution in [0.15, 0.2) is 0 Å². The molecule has 19 heavy (non-hydrogen) atoms. The Kier molecular flexibility index (Phi) is 4.62. The first-order valence-electron chi connectivity index (χ1n) is 8.36. The summed E-state index contributed by atoms with van der Waals surface area (Å²) < 4.78 is 0. The molecule has 3 unspecified atom stereocenters. The van der Waals surface area contributed by atoms with Gasteiger partial charge in [0.1, 0.15) is 0 Å². The zero-order chi connectivity index (χ0) is 14.1. The number of nitrogens with two attached hydrogens (primary N) is 1. The Bertz CT molecular complexity index is 294. The first-order valence-corrected chi connectivity index (χ1v) is 8.36. The summed E-state index contributed by atoms with van der Waals surface area (Å²) in [5.74, 6) is 0.874. The van der Waals surface area contributed by atoms with Gasteiger partial charge in [0, 0.05) is 18.1 Å². The topological polar surface area (TPSA) is 29.3 Å². The van der Waals surface area contributed by atoms with E-state index >= 15 is 0 Å². The van der Waals surface area contributed by atoms with E-state index in [9.17, 15) is 0 Å². The van der Waals surface area contributed by atoms with Gasteiger partial charge in [-0.25, -0.2) is 0 Å². The van der Waals surface area contributed by atoms with Gasteiger partial charge in [0.15, 0.2) is 0 Å². The molecule has 2 heteroatoms. The van der Waals surface area contributed by atoms with Crippen LogP contribution >= 0.6 is 0 Å². The van der Waals surface area contributed by atoms with Crippen molar-refractivity contribution in [3.63, 3.8) is 0 Å². The Morgan fingerprint density at radius 3 is 2.37 bits per heavy atom. The maximum atomic E-state index is 6.26. The van der Waals surface area contributed by atoms with Crippen molar-refractivity contribution >= 4 is 0 Å². The molecule has 2 N–H and O–H groups in total. The Morgan fingerprint density at radius 1 is 1.11 bits per heavy atom. The molecule has 1 heterocycles. The average molecular weight is 266 g/mol. The molecule has 1 saturated carbocycles. The second kappa shape index (κ2) is 5.73. The summed E-state index contributed by atoms with van der Waals surface area (Å²) in [6, 6.07) is 0.745. The van der Waals surface area contributed by atoms with Crippen LogP contribution < -0.4 is 5.73 Å². The fourth-order valence-electron chi connectivity index (χ4n) is 4.50. The summed E-state index contributed by atoms with van der Waals surface area (Å²) in [6.07, 6.45) is 9.49. The standard InChI is InChI=1S/C17H34N2/c1-14-7-6-12-19(14)17(13-18)10-5-8-15(9-11-17)16(2,3)4/h14-15H,5-13,18H2,1-4H3. The minimum atomic E-state index is 0.315. The van der Waals surface area contributed by atoms with Crippen LogP contribution in [0.4, 0.5) is 0 Å². The van der Waals surface area contributed by atoms with E-state index in [1.807, 2.05) is 0 Å². The fourth-order valence-corrected chi connectivity index (χ4v) is 4.50. The summed E-state index contributed by atoms with van der Waals surface area (Å²) in [4.78, 5) is 2.76. The number of hydrogen-bond acceptors (Lipinski definition) is 2. The quantitative estimate of drug-likeness (QED) is 0.770. The van der Waals surface area contributed by atoms with E-state index in [2.05, 4.69) is 32.6 Å².